The van der Waals surface area contributed by atoms with Crippen molar-refractivity contribution in [1.82, 2.24) is 18.8 Å². The molecule has 0 aliphatic carbocycles. The highest BCUT2D eigenvalue weighted by atomic mass is 32.2. The Kier molecular flexibility index (Phi) is 5.52. The lowest BCUT2D eigenvalue weighted by molar-refractivity contribution is 0.311. The van der Waals surface area contributed by atoms with Crippen molar-refractivity contribution in [3.05, 3.63) is 77.5 Å². The number of pyridine rings is 1. The number of rotatable bonds is 5. The second-order valence-electron chi connectivity index (χ2n) is 7.80. The molecule has 1 saturated heterocycles. The van der Waals surface area contributed by atoms with E-state index in [1.807, 2.05) is 18.2 Å². The number of sulfonamides is 1. The largest absolute Gasteiger partial charge is 0.339 e. The Bertz CT molecular complexity index is 1110. The van der Waals surface area contributed by atoms with Crippen LogP contribution in [0.5, 0.6) is 0 Å². The van der Waals surface area contributed by atoms with Gasteiger partial charge in [0.2, 0.25) is 0 Å². The topological polar surface area (TPSA) is 68.1 Å². The van der Waals surface area contributed by atoms with E-state index in [-0.39, 0.29) is 10.9 Å². The first-order chi connectivity index (χ1) is 13.9. The molecule has 1 aromatic carbocycles. The summed E-state index contributed by atoms with van der Waals surface area (Å²) in [5.74, 6) is 0.0969. The fraction of sp³-hybridized carbons (Fsp3) is 0.364. The number of benzene rings is 1. The van der Waals surface area contributed by atoms with Gasteiger partial charge in [-0.1, -0.05) is 35.9 Å². The molecule has 152 valence electrons. The van der Waals surface area contributed by atoms with E-state index in [1.165, 1.54) is 17.5 Å². The highest BCUT2D eigenvalue weighted by molar-refractivity contribution is 7.89. The molecule has 1 aliphatic heterocycles. The fourth-order valence-electron chi connectivity index (χ4n) is 3.91. The van der Waals surface area contributed by atoms with Crippen LogP contribution in [0, 0.1) is 6.92 Å². The maximum Gasteiger partial charge on any atom is 0.262 e. The second-order valence-corrected chi connectivity index (χ2v) is 9.68. The SMILES string of the molecule is Cc1cccc(Cc2cccc(C3CCCN(S(=O)(=O)c4cn(C)cn4)C3)n2)c1. The van der Waals surface area contributed by atoms with Crippen LogP contribution in [0.25, 0.3) is 0 Å². The summed E-state index contributed by atoms with van der Waals surface area (Å²) < 4.78 is 29.1. The maximum atomic E-state index is 12.9. The zero-order valence-corrected chi connectivity index (χ0v) is 17.6. The summed E-state index contributed by atoms with van der Waals surface area (Å²) in [6.45, 7) is 3.06. The van der Waals surface area contributed by atoms with Gasteiger partial charge < -0.3 is 4.57 Å². The van der Waals surface area contributed by atoms with Crippen LogP contribution in [-0.2, 0) is 23.5 Å². The molecule has 7 heteroatoms. The average Bonchev–Trinajstić information content (AvgIpc) is 3.16. The Balaban J connectivity index is 1.52. The number of piperidine rings is 1. The van der Waals surface area contributed by atoms with Crippen molar-refractivity contribution in [3.63, 3.8) is 0 Å². The van der Waals surface area contributed by atoms with Crippen molar-refractivity contribution in [2.45, 2.75) is 37.1 Å². The van der Waals surface area contributed by atoms with Gasteiger partial charge in [-0.3, -0.25) is 4.98 Å². The van der Waals surface area contributed by atoms with Gasteiger partial charge in [-0.25, -0.2) is 13.4 Å². The predicted octanol–water partition coefficient (Wildman–Crippen LogP) is 3.28. The molecule has 0 bridgehead atoms. The first-order valence-electron chi connectivity index (χ1n) is 9.91. The second kappa shape index (κ2) is 8.08. The first kappa shape index (κ1) is 19.8. The molecule has 3 heterocycles. The minimum Gasteiger partial charge on any atom is -0.339 e. The monoisotopic (exact) mass is 410 g/mol. The Hall–Kier alpha value is -2.51. The van der Waals surface area contributed by atoms with Crippen molar-refractivity contribution < 1.29 is 8.42 Å². The number of nitrogens with zero attached hydrogens (tertiary/aromatic N) is 4. The summed E-state index contributed by atoms with van der Waals surface area (Å²) in [6, 6.07) is 14.5. The Morgan fingerprint density at radius 1 is 1.17 bits per heavy atom. The highest BCUT2D eigenvalue weighted by Crippen LogP contribution is 2.29. The lowest BCUT2D eigenvalue weighted by Crippen LogP contribution is -2.39. The van der Waals surface area contributed by atoms with E-state index in [0.717, 1.165) is 30.7 Å². The van der Waals surface area contributed by atoms with Crippen molar-refractivity contribution in [2.75, 3.05) is 13.1 Å². The molecule has 0 radical (unpaired) electrons. The van der Waals surface area contributed by atoms with E-state index >= 15 is 0 Å². The number of imidazole rings is 1. The maximum absolute atomic E-state index is 12.9. The van der Waals surface area contributed by atoms with Gasteiger partial charge in [-0.05, 0) is 37.5 Å². The van der Waals surface area contributed by atoms with Gasteiger partial charge in [-0.2, -0.15) is 4.31 Å². The molecule has 1 unspecified atom stereocenters. The highest BCUT2D eigenvalue weighted by Gasteiger charge is 2.32. The Morgan fingerprint density at radius 2 is 2.00 bits per heavy atom. The van der Waals surface area contributed by atoms with E-state index in [9.17, 15) is 8.42 Å². The van der Waals surface area contributed by atoms with E-state index < -0.39 is 10.0 Å². The van der Waals surface area contributed by atoms with Crippen LogP contribution in [-0.4, -0.2) is 40.3 Å². The van der Waals surface area contributed by atoms with Gasteiger partial charge in [0.15, 0.2) is 5.03 Å². The van der Waals surface area contributed by atoms with Crippen LogP contribution in [0.2, 0.25) is 0 Å². The van der Waals surface area contributed by atoms with Crippen LogP contribution in [0.15, 0.2) is 60.0 Å². The van der Waals surface area contributed by atoms with E-state index in [0.29, 0.717) is 13.1 Å². The fourth-order valence-corrected chi connectivity index (χ4v) is 5.40. The molecular formula is C22H26N4O2S. The summed E-state index contributed by atoms with van der Waals surface area (Å²) in [7, 11) is -1.80. The molecule has 0 amide bonds. The normalized spacial score (nSPS) is 18.1. The molecule has 29 heavy (non-hydrogen) atoms. The van der Waals surface area contributed by atoms with Gasteiger partial charge >= 0.3 is 0 Å². The summed E-state index contributed by atoms with van der Waals surface area (Å²) >= 11 is 0. The van der Waals surface area contributed by atoms with Crippen LogP contribution in [0.1, 0.15) is 41.3 Å². The molecule has 1 fully saturated rings. The molecule has 3 aromatic rings. The molecule has 0 saturated carbocycles. The van der Waals surface area contributed by atoms with Gasteiger partial charge in [-0.15, -0.1) is 0 Å². The van der Waals surface area contributed by atoms with Crippen molar-refractivity contribution in [2.24, 2.45) is 7.05 Å². The third kappa shape index (κ3) is 4.41. The lowest BCUT2D eigenvalue weighted by Gasteiger charge is -2.31. The Labute approximate surface area is 172 Å². The standard InChI is InChI=1S/C22H26N4O2S/c1-17-6-3-7-18(12-17)13-20-9-4-10-21(24-20)19-8-5-11-26(14-19)29(27,28)22-15-25(2)16-23-22/h3-4,6-7,9-10,12,15-16,19H,5,8,11,13-14H2,1-2H3. The van der Waals surface area contributed by atoms with Crippen LogP contribution in [0.4, 0.5) is 0 Å². The zero-order chi connectivity index (χ0) is 20.4. The van der Waals surface area contributed by atoms with Gasteiger partial charge in [0, 0.05) is 50.1 Å². The van der Waals surface area contributed by atoms with Gasteiger partial charge in [0.1, 0.15) is 0 Å². The molecular weight excluding hydrogens is 384 g/mol. The van der Waals surface area contributed by atoms with Crippen LogP contribution >= 0.6 is 0 Å². The smallest absolute Gasteiger partial charge is 0.262 e. The van der Waals surface area contributed by atoms with E-state index in [4.69, 9.17) is 4.98 Å². The minimum atomic E-state index is -3.57. The van der Waals surface area contributed by atoms with Crippen molar-refractivity contribution in [1.29, 1.82) is 0 Å². The number of hydrogen-bond donors (Lipinski definition) is 0. The van der Waals surface area contributed by atoms with Gasteiger partial charge in [0.25, 0.3) is 10.0 Å². The molecule has 0 spiro atoms. The number of aryl methyl sites for hydroxylation is 2. The summed E-state index contributed by atoms with van der Waals surface area (Å²) in [5, 5.41) is 0.113. The summed E-state index contributed by atoms with van der Waals surface area (Å²) in [5.41, 5.74) is 4.45. The molecule has 4 rings (SSSR count). The predicted molar refractivity (Wildman–Crippen MR) is 112 cm³/mol. The van der Waals surface area contributed by atoms with Crippen LogP contribution in [0.3, 0.4) is 0 Å². The van der Waals surface area contributed by atoms with E-state index in [1.54, 1.807) is 22.1 Å². The number of aromatic nitrogens is 3. The van der Waals surface area contributed by atoms with Crippen molar-refractivity contribution in [3.8, 4) is 0 Å². The molecule has 1 aliphatic rings. The molecule has 6 nitrogen and oxygen atoms in total. The minimum absolute atomic E-state index is 0.0969. The first-order valence-corrected chi connectivity index (χ1v) is 11.4. The molecule has 0 N–H and O–H groups in total. The summed E-state index contributed by atoms with van der Waals surface area (Å²) in [4.78, 5) is 8.92. The van der Waals surface area contributed by atoms with Crippen molar-refractivity contribution >= 4 is 10.0 Å². The third-order valence-electron chi connectivity index (χ3n) is 5.38. The number of hydrogen-bond acceptors (Lipinski definition) is 4. The zero-order valence-electron chi connectivity index (χ0n) is 16.8. The quantitative estimate of drug-likeness (QED) is 0.647. The Morgan fingerprint density at radius 3 is 2.76 bits per heavy atom. The average molecular weight is 411 g/mol. The van der Waals surface area contributed by atoms with E-state index in [2.05, 4.69) is 36.2 Å². The molecule has 2 aromatic heterocycles. The molecule has 1 atom stereocenters. The summed E-state index contributed by atoms with van der Waals surface area (Å²) in [6.07, 6.45) is 5.61. The van der Waals surface area contributed by atoms with Crippen LogP contribution < -0.4 is 0 Å². The lowest BCUT2D eigenvalue weighted by atomic mass is 9.95. The van der Waals surface area contributed by atoms with Gasteiger partial charge in [0.05, 0.1) is 6.33 Å². The third-order valence-corrected chi connectivity index (χ3v) is 7.13.